The van der Waals surface area contributed by atoms with Gasteiger partial charge in [-0.3, -0.25) is 9.79 Å². The Morgan fingerprint density at radius 3 is 2.70 bits per heavy atom. The molecule has 1 amide bonds. The van der Waals surface area contributed by atoms with Crippen molar-refractivity contribution in [1.29, 1.82) is 0 Å². The summed E-state index contributed by atoms with van der Waals surface area (Å²) < 4.78 is 5.56. The van der Waals surface area contributed by atoms with E-state index in [0.717, 1.165) is 31.0 Å². The zero-order valence-electron chi connectivity index (χ0n) is 17.3. The summed E-state index contributed by atoms with van der Waals surface area (Å²) >= 11 is 0. The molecule has 2 rings (SSSR count). The first kappa shape index (κ1) is 21.2. The second kappa shape index (κ2) is 9.74. The van der Waals surface area contributed by atoms with Gasteiger partial charge in [-0.15, -0.1) is 0 Å². The predicted octanol–water partition coefficient (Wildman–Crippen LogP) is 2.58. The first-order chi connectivity index (χ1) is 12.9. The fourth-order valence-corrected chi connectivity index (χ4v) is 3.33. The number of para-hydroxylation sites is 1. The minimum atomic E-state index is 0.0546. The van der Waals surface area contributed by atoms with Crippen LogP contribution < -0.4 is 15.5 Å². The highest BCUT2D eigenvalue weighted by Gasteiger charge is 2.25. The second-order valence-corrected chi connectivity index (χ2v) is 8.00. The molecule has 0 aromatic heterocycles. The van der Waals surface area contributed by atoms with E-state index in [1.54, 1.807) is 14.2 Å². The number of hydrogen-bond donors (Lipinski definition) is 2. The summed E-state index contributed by atoms with van der Waals surface area (Å²) in [6, 6.07) is 8.16. The van der Waals surface area contributed by atoms with E-state index in [1.165, 1.54) is 5.56 Å². The van der Waals surface area contributed by atoms with E-state index in [2.05, 4.69) is 42.5 Å². The summed E-state index contributed by atoms with van der Waals surface area (Å²) in [5.74, 6) is 0.928. The minimum Gasteiger partial charge on any atom is -0.379 e. The number of rotatable bonds is 7. The lowest BCUT2D eigenvalue weighted by molar-refractivity contribution is -0.118. The molecule has 1 aliphatic heterocycles. The zero-order chi connectivity index (χ0) is 19.9. The molecule has 1 aromatic carbocycles. The van der Waals surface area contributed by atoms with Crippen molar-refractivity contribution in [3.63, 3.8) is 0 Å². The largest absolute Gasteiger partial charge is 0.379 e. The van der Waals surface area contributed by atoms with Crippen LogP contribution in [-0.4, -0.2) is 51.8 Å². The van der Waals surface area contributed by atoms with Crippen molar-refractivity contribution in [2.24, 2.45) is 10.4 Å². The number of anilines is 1. The average molecular weight is 375 g/mol. The smallest absolute Gasteiger partial charge is 0.227 e. The Morgan fingerprint density at radius 1 is 1.30 bits per heavy atom. The maximum Gasteiger partial charge on any atom is 0.227 e. The van der Waals surface area contributed by atoms with Gasteiger partial charge in [0.1, 0.15) is 0 Å². The van der Waals surface area contributed by atoms with Gasteiger partial charge in [0.2, 0.25) is 5.91 Å². The SMILES string of the molecule is CN=C(NCCCC(=O)N1CCc2ccccc21)NCC(OC)C(C)(C)C. The van der Waals surface area contributed by atoms with Gasteiger partial charge in [0.05, 0.1) is 6.10 Å². The number of guanidine groups is 1. The maximum absolute atomic E-state index is 12.5. The van der Waals surface area contributed by atoms with E-state index >= 15 is 0 Å². The van der Waals surface area contributed by atoms with Crippen LogP contribution in [0.25, 0.3) is 0 Å². The molecule has 1 aliphatic rings. The number of ether oxygens (including phenoxy) is 1. The molecule has 1 unspecified atom stereocenters. The van der Waals surface area contributed by atoms with Crippen LogP contribution in [0.4, 0.5) is 5.69 Å². The summed E-state index contributed by atoms with van der Waals surface area (Å²) in [5, 5.41) is 6.58. The van der Waals surface area contributed by atoms with Crippen LogP contribution in [0, 0.1) is 5.41 Å². The number of hydrogen-bond acceptors (Lipinski definition) is 3. The quantitative estimate of drug-likeness (QED) is 0.437. The lowest BCUT2D eigenvalue weighted by atomic mass is 9.89. The topological polar surface area (TPSA) is 66.0 Å². The number of methoxy groups -OCH3 is 1. The molecule has 6 nitrogen and oxygen atoms in total. The van der Waals surface area contributed by atoms with Crippen molar-refractivity contribution in [3.05, 3.63) is 29.8 Å². The van der Waals surface area contributed by atoms with Crippen LogP contribution in [0.5, 0.6) is 0 Å². The third-order valence-electron chi connectivity index (χ3n) is 4.98. The van der Waals surface area contributed by atoms with Crippen LogP contribution in [0.2, 0.25) is 0 Å². The highest BCUT2D eigenvalue weighted by atomic mass is 16.5. The lowest BCUT2D eigenvalue weighted by Gasteiger charge is -2.30. The Balaban J connectivity index is 1.72. The molecule has 6 heteroatoms. The van der Waals surface area contributed by atoms with Crippen LogP contribution in [-0.2, 0) is 16.0 Å². The summed E-state index contributed by atoms with van der Waals surface area (Å²) in [5.41, 5.74) is 2.39. The van der Waals surface area contributed by atoms with Crippen LogP contribution >= 0.6 is 0 Å². The number of carbonyl (C=O) groups is 1. The molecule has 0 saturated carbocycles. The zero-order valence-corrected chi connectivity index (χ0v) is 17.3. The highest BCUT2D eigenvalue weighted by molar-refractivity contribution is 5.95. The molecular weight excluding hydrogens is 340 g/mol. The van der Waals surface area contributed by atoms with Crippen molar-refractivity contribution in [2.75, 3.05) is 38.7 Å². The molecule has 27 heavy (non-hydrogen) atoms. The molecule has 1 aromatic rings. The molecule has 0 bridgehead atoms. The third-order valence-corrected chi connectivity index (χ3v) is 4.98. The molecule has 0 spiro atoms. The maximum atomic E-state index is 12.5. The Kier molecular flexibility index (Phi) is 7.66. The van der Waals surface area contributed by atoms with Gasteiger partial charge < -0.3 is 20.3 Å². The third kappa shape index (κ3) is 5.96. The summed E-state index contributed by atoms with van der Waals surface area (Å²) in [6.07, 6.45) is 2.34. The molecule has 0 saturated heterocycles. The molecule has 150 valence electrons. The number of aliphatic imine (C=N–C) groups is 1. The Labute approximate surface area is 163 Å². The van der Waals surface area contributed by atoms with E-state index in [0.29, 0.717) is 19.5 Å². The first-order valence-electron chi connectivity index (χ1n) is 9.72. The molecule has 1 heterocycles. The van der Waals surface area contributed by atoms with Crippen molar-refractivity contribution in [3.8, 4) is 0 Å². The van der Waals surface area contributed by atoms with Gasteiger partial charge in [-0.25, -0.2) is 0 Å². The minimum absolute atomic E-state index is 0.0546. The van der Waals surface area contributed by atoms with Gasteiger partial charge in [0.15, 0.2) is 5.96 Å². The number of nitrogens with one attached hydrogen (secondary N) is 2. The Bertz CT molecular complexity index is 652. The number of nitrogens with zero attached hydrogens (tertiary/aromatic N) is 2. The molecule has 0 aliphatic carbocycles. The van der Waals surface area contributed by atoms with E-state index in [1.807, 2.05) is 23.1 Å². The van der Waals surface area contributed by atoms with Crippen molar-refractivity contribution >= 4 is 17.6 Å². The van der Waals surface area contributed by atoms with Crippen molar-refractivity contribution < 1.29 is 9.53 Å². The molecular formula is C21H34N4O2. The number of carbonyl (C=O) groups excluding carboxylic acids is 1. The number of fused-ring (bicyclic) bond motifs is 1. The van der Waals surface area contributed by atoms with Gasteiger partial charge in [0, 0.05) is 45.9 Å². The first-order valence-corrected chi connectivity index (χ1v) is 9.72. The van der Waals surface area contributed by atoms with Crippen LogP contribution in [0.1, 0.15) is 39.2 Å². The lowest BCUT2D eigenvalue weighted by Crippen LogP contribution is -2.45. The van der Waals surface area contributed by atoms with E-state index in [9.17, 15) is 4.79 Å². The van der Waals surface area contributed by atoms with Gasteiger partial charge in [-0.2, -0.15) is 0 Å². The Morgan fingerprint density at radius 2 is 2.04 bits per heavy atom. The van der Waals surface area contributed by atoms with Gasteiger partial charge in [0.25, 0.3) is 0 Å². The molecule has 1 atom stereocenters. The van der Waals surface area contributed by atoms with E-state index < -0.39 is 0 Å². The molecule has 2 N–H and O–H groups in total. The summed E-state index contributed by atoms with van der Waals surface area (Å²) in [7, 11) is 3.48. The van der Waals surface area contributed by atoms with Crippen molar-refractivity contribution in [2.45, 2.75) is 46.1 Å². The van der Waals surface area contributed by atoms with Gasteiger partial charge in [-0.1, -0.05) is 39.0 Å². The highest BCUT2D eigenvalue weighted by Crippen LogP contribution is 2.28. The standard InChI is InChI=1S/C21H34N4O2/c1-21(2,3)18(27-5)15-24-20(22-4)23-13-8-11-19(26)25-14-12-16-9-6-7-10-17(16)25/h6-7,9-10,18H,8,11-15H2,1-5H3,(H2,22,23,24). The fourth-order valence-electron chi connectivity index (χ4n) is 3.33. The van der Waals surface area contributed by atoms with E-state index in [4.69, 9.17) is 4.74 Å². The predicted molar refractivity (Wildman–Crippen MR) is 111 cm³/mol. The summed E-state index contributed by atoms with van der Waals surface area (Å²) in [6.45, 7) is 8.64. The number of amides is 1. The monoisotopic (exact) mass is 374 g/mol. The number of benzene rings is 1. The van der Waals surface area contributed by atoms with E-state index in [-0.39, 0.29) is 17.4 Å². The fraction of sp³-hybridized carbons (Fsp3) is 0.619. The summed E-state index contributed by atoms with van der Waals surface area (Å²) in [4.78, 5) is 18.7. The second-order valence-electron chi connectivity index (χ2n) is 8.00. The van der Waals surface area contributed by atoms with Gasteiger partial charge in [-0.05, 0) is 29.9 Å². The van der Waals surface area contributed by atoms with Crippen LogP contribution in [0.15, 0.2) is 29.3 Å². The average Bonchev–Trinajstić information content (AvgIpc) is 3.06. The van der Waals surface area contributed by atoms with Crippen LogP contribution in [0.3, 0.4) is 0 Å². The Hall–Kier alpha value is -2.08. The van der Waals surface area contributed by atoms with Gasteiger partial charge >= 0.3 is 0 Å². The normalized spacial score (nSPS) is 15.4. The van der Waals surface area contributed by atoms with Crippen molar-refractivity contribution in [1.82, 2.24) is 10.6 Å². The molecule has 0 radical (unpaired) electrons. The molecule has 0 fully saturated rings.